The van der Waals surface area contributed by atoms with E-state index < -0.39 is 0 Å². The first-order valence-corrected chi connectivity index (χ1v) is 6.44. The van der Waals surface area contributed by atoms with Gasteiger partial charge in [-0.2, -0.15) is 4.98 Å². The molecule has 1 unspecified atom stereocenters. The lowest BCUT2D eigenvalue weighted by Gasteiger charge is -2.04. The number of hydrogen-bond acceptors (Lipinski definition) is 5. The summed E-state index contributed by atoms with van der Waals surface area (Å²) in [5.74, 6) is 1.61. The largest absolute Gasteiger partial charge is 0.496 e. The second-order valence-electron chi connectivity index (χ2n) is 4.23. The molecule has 2 rings (SSSR count). The molecule has 2 aromatic rings. The Balaban J connectivity index is 2.29. The van der Waals surface area contributed by atoms with Crippen LogP contribution in [-0.4, -0.2) is 23.3 Å². The van der Waals surface area contributed by atoms with E-state index in [-0.39, 0.29) is 6.04 Å². The van der Waals surface area contributed by atoms with Gasteiger partial charge in [-0.15, -0.1) is 0 Å². The molecule has 0 aliphatic rings. The fourth-order valence-corrected chi connectivity index (χ4v) is 1.84. The average Bonchev–Trinajstić information content (AvgIpc) is 2.86. The molecule has 102 valence electrons. The summed E-state index contributed by atoms with van der Waals surface area (Å²) in [4.78, 5) is 4.32. The van der Waals surface area contributed by atoms with Gasteiger partial charge in [0.05, 0.1) is 12.7 Å². The molecule has 0 amide bonds. The topological polar surface area (TPSA) is 74.2 Å². The molecule has 2 N–H and O–H groups in total. The predicted molar refractivity (Wildman–Crippen MR) is 73.3 cm³/mol. The molecule has 1 aromatic carbocycles. The van der Waals surface area contributed by atoms with Crippen molar-refractivity contribution in [2.45, 2.75) is 25.8 Å². The molecule has 0 radical (unpaired) electrons. The molecule has 0 bridgehead atoms. The maximum Gasteiger partial charge on any atom is 0.261 e. The Morgan fingerprint density at radius 1 is 1.47 bits per heavy atom. The molecule has 1 atom stereocenters. The molecule has 6 heteroatoms. The molecule has 0 aliphatic heterocycles. The molecular formula is C13H16ClN3O2. The summed E-state index contributed by atoms with van der Waals surface area (Å²) >= 11 is 5.97. The number of halogens is 1. The van der Waals surface area contributed by atoms with E-state index in [0.29, 0.717) is 34.5 Å². The summed E-state index contributed by atoms with van der Waals surface area (Å²) in [6.45, 7) is 2.02. The van der Waals surface area contributed by atoms with Crippen LogP contribution in [0, 0.1) is 0 Å². The standard InChI is InChI=1S/C13H16ClN3O2/c1-3-9(15)7-12-16-13(19-17-12)10-6-8(14)4-5-11(10)18-2/h4-6,9H,3,7,15H2,1-2H3. The van der Waals surface area contributed by atoms with Crippen molar-refractivity contribution in [1.82, 2.24) is 10.1 Å². The Hall–Kier alpha value is -1.59. The van der Waals surface area contributed by atoms with E-state index in [1.54, 1.807) is 25.3 Å². The molecular weight excluding hydrogens is 266 g/mol. The van der Waals surface area contributed by atoms with Crippen LogP contribution in [-0.2, 0) is 6.42 Å². The van der Waals surface area contributed by atoms with Crippen LogP contribution in [0.3, 0.4) is 0 Å². The molecule has 0 fully saturated rings. The third kappa shape index (κ3) is 3.24. The normalized spacial score (nSPS) is 12.4. The van der Waals surface area contributed by atoms with E-state index in [2.05, 4.69) is 10.1 Å². The van der Waals surface area contributed by atoms with Crippen molar-refractivity contribution in [2.75, 3.05) is 7.11 Å². The summed E-state index contributed by atoms with van der Waals surface area (Å²) in [6.07, 6.45) is 1.45. The minimum absolute atomic E-state index is 0.0340. The predicted octanol–water partition coefficient (Wildman–Crippen LogP) is 2.68. The summed E-state index contributed by atoms with van der Waals surface area (Å²) in [5.41, 5.74) is 6.55. The van der Waals surface area contributed by atoms with Gasteiger partial charge in [0.25, 0.3) is 5.89 Å². The van der Waals surface area contributed by atoms with Gasteiger partial charge in [0.15, 0.2) is 5.82 Å². The van der Waals surface area contributed by atoms with Gasteiger partial charge in [-0.1, -0.05) is 23.7 Å². The highest BCUT2D eigenvalue weighted by molar-refractivity contribution is 6.30. The zero-order valence-electron chi connectivity index (χ0n) is 10.9. The zero-order valence-corrected chi connectivity index (χ0v) is 11.6. The van der Waals surface area contributed by atoms with Gasteiger partial charge < -0.3 is 15.0 Å². The van der Waals surface area contributed by atoms with Gasteiger partial charge in [0.1, 0.15) is 5.75 Å². The van der Waals surface area contributed by atoms with Crippen molar-refractivity contribution in [1.29, 1.82) is 0 Å². The van der Waals surface area contributed by atoms with E-state index in [0.717, 1.165) is 6.42 Å². The van der Waals surface area contributed by atoms with Gasteiger partial charge in [0.2, 0.25) is 0 Å². The van der Waals surface area contributed by atoms with Crippen LogP contribution in [0.2, 0.25) is 5.02 Å². The van der Waals surface area contributed by atoms with Crippen LogP contribution < -0.4 is 10.5 Å². The lowest BCUT2D eigenvalue weighted by Crippen LogP contribution is -2.21. The SMILES string of the molecule is CCC(N)Cc1noc(-c2cc(Cl)ccc2OC)n1. The molecule has 0 spiro atoms. The van der Waals surface area contributed by atoms with Crippen molar-refractivity contribution in [3.63, 3.8) is 0 Å². The van der Waals surface area contributed by atoms with Crippen LogP contribution in [0.15, 0.2) is 22.7 Å². The number of nitrogens with zero attached hydrogens (tertiary/aromatic N) is 2. The third-order valence-electron chi connectivity index (χ3n) is 2.83. The van der Waals surface area contributed by atoms with Gasteiger partial charge >= 0.3 is 0 Å². The van der Waals surface area contributed by atoms with E-state index in [9.17, 15) is 0 Å². The molecule has 0 aliphatic carbocycles. The summed E-state index contributed by atoms with van der Waals surface area (Å²) in [7, 11) is 1.58. The van der Waals surface area contributed by atoms with Gasteiger partial charge in [-0.3, -0.25) is 0 Å². The number of nitrogens with two attached hydrogens (primary N) is 1. The average molecular weight is 282 g/mol. The summed E-state index contributed by atoms with van der Waals surface area (Å²) in [6, 6.07) is 5.27. The number of ether oxygens (including phenoxy) is 1. The minimum Gasteiger partial charge on any atom is -0.496 e. The van der Waals surface area contributed by atoms with E-state index in [4.69, 9.17) is 26.6 Å². The monoisotopic (exact) mass is 281 g/mol. The first-order chi connectivity index (χ1) is 9.13. The zero-order chi connectivity index (χ0) is 13.8. The number of methoxy groups -OCH3 is 1. The Bertz CT molecular complexity index is 557. The van der Waals surface area contributed by atoms with Crippen molar-refractivity contribution in [3.8, 4) is 17.2 Å². The Kier molecular flexibility index (Phi) is 4.39. The fraction of sp³-hybridized carbons (Fsp3) is 0.385. The number of rotatable bonds is 5. The highest BCUT2D eigenvalue weighted by Gasteiger charge is 2.15. The first-order valence-electron chi connectivity index (χ1n) is 6.06. The van der Waals surface area contributed by atoms with Crippen molar-refractivity contribution >= 4 is 11.6 Å². The Morgan fingerprint density at radius 3 is 2.95 bits per heavy atom. The molecule has 0 saturated carbocycles. The fourth-order valence-electron chi connectivity index (χ4n) is 1.67. The maximum absolute atomic E-state index is 5.97. The Morgan fingerprint density at radius 2 is 2.26 bits per heavy atom. The Labute approximate surface area is 116 Å². The van der Waals surface area contributed by atoms with Crippen LogP contribution in [0.1, 0.15) is 19.2 Å². The van der Waals surface area contributed by atoms with Crippen molar-refractivity contribution in [3.05, 3.63) is 29.0 Å². The molecule has 5 nitrogen and oxygen atoms in total. The lowest BCUT2D eigenvalue weighted by atomic mass is 10.1. The molecule has 1 aromatic heterocycles. The molecule has 1 heterocycles. The van der Waals surface area contributed by atoms with Crippen molar-refractivity contribution in [2.24, 2.45) is 5.73 Å². The van der Waals surface area contributed by atoms with E-state index >= 15 is 0 Å². The van der Waals surface area contributed by atoms with E-state index in [1.807, 2.05) is 6.92 Å². The summed E-state index contributed by atoms with van der Waals surface area (Å²) < 4.78 is 10.5. The van der Waals surface area contributed by atoms with Gasteiger partial charge in [-0.25, -0.2) is 0 Å². The first kappa shape index (κ1) is 13.8. The maximum atomic E-state index is 5.97. The van der Waals surface area contributed by atoms with Crippen LogP contribution in [0.5, 0.6) is 5.75 Å². The second-order valence-corrected chi connectivity index (χ2v) is 4.67. The minimum atomic E-state index is 0.0340. The number of aromatic nitrogens is 2. The van der Waals surface area contributed by atoms with Crippen LogP contribution in [0.4, 0.5) is 0 Å². The number of benzene rings is 1. The highest BCUT2D eigenvalue weighted by atomic mass is 35.5. The van der Waals surface area contributed by atoms with Gasteiger partial charge in [-0.05, 0) is 24.6 Å². The quantitative estimate of drug-likeness (QED) is 0.912. The molecule has 19 heavy (non-hydrogen) atoms. The van der Waals surface area contributed by atoms with Crippen LogP contribution in [0.25, 0.3) is 11.5 Å². The van der Waals surface area contributed by atoms with E-state index in [1.165, 1.54) is 0 Å². The molecule has 0 saturated heterocycles. The summed E-state index contributed by atoms with van der Waals surface area (Å²) in [5, 5.41) is 4.50. The second kappa shape index (κ2) is 6.04. The van der Waals surface area contributed by atoms with Crippen LogP contribution >= 0.6 is 11.6 Å². The smallest absolute Gasteiger partial charge is 0.261 e. The van der Waals surface area contributed by atoms with Gasteiger partial charge in [0, 0.05) is 17.5 Å². The van der Waals surface area contributed by atoms with Crippen molar-refractivity contribution < 1.29 is 9.26 Å². The lowest BCUT2D eigenvalue weighted by molar-refractivity contribution is 0.401. The highest BCUT2D eigenvalue weighted by Crippen LogP contribution is 2.31. The number of hydrogen-bond donors (Lipinski definition) is 1. The third-order valence-corrected chi connectivity index (χ3v) is 3.06.